The molecule has 8 nitrogen and oxygen atoms in total. The lowest BCUT2D eigenvalue weighted by molar-refractivity contribution is -0.148. The smallest absolute Gasteiger partial charge is 0.325 e. The normalized spacial score (nSPS) is 26.1. The van der Waals surface area contributed by atoms with Gasteiger partial charge in [-0.15, -0.1) is 0 Å². The van der Waals surface area contributed by atoms with E-state index < -0.39 is 12.0 Å². The highest BCUT2D eigenvalue weighted by Gasteiger charge is 2.21. The monoisotopic (exact) mass is 290 g/mol. The van der Waals surface area contributed by atoms with E-state index in [0.717, 1.165) is 6.54 Å². The summed E-state index contributed by atoms with van der Waals surface area (Å²) in [7, 11) is 0. The van der Waals surface area contributed by atoms with Crippen molar-refractivity contribution in [3.05, 3.63) is 0 Å². The Morgan fingerprint density at radius 1 is 1.15 bits per heavy atom. The zero-order valence-corrected chi connectivity index (χ0v) is 11.6. The van der Waals surface area contributed by atoms with Crippen molar-refractivity contribution in [1.82, 2.24) is 10.6 Å². The van der Waals surface area contributed by atoms with E-state index in [0.29, 0.717) is 33.0 Å². The van der Waals surface area contributed by atoms with Gasteiger partial charge in [-0.3, -0.25) is 9.59 Å². The Hall–Kier alpha value is -1.22. The van der Waals surface area contributed by atoms with Crippen molar-refractivity contribution < 1.29 is 28.9 Å². The third kappa shape index (κ3) is 6.29. The number of esters is 1. The second kappa shape index (κ2) is 9.65. The third-order valence-electron chi connectivity index (χ3n) is 2.71. The summed E-state index contributed by atoms with van der Waals surface area (Å²) in [6.07, 6.45) is 0. The fourth-order valence-electron chi connectivity index (χ4n) is 1.68. The number of rotatable bonds is 3. The van der Waals surface area contributed by atoms with Gasteiger partial charge >= 0.3 is 11.9 Å². The van der Waals surface area contributed by atoms with E-state index in [-0.39, 0.29) is 18.6 Å². The molecule has 8 heteroatoms. The molecule has 116 valence electrons. The van der Waals surface area contributed by atoms with Crippen molar-refractivity contribution in [1.29, 1.82) is 0 Å². The highest BCUT2D eigenvalue weighted by atomic mass is 16.5. The molecule has 3 N–H and O–H groups in total. The van der Waals surface area contributed by atoms with Crippen LogP contribution in [0, 0.1) is 0 Å². The van der Waals surface area contributed by atoms with E-state index in [1.54, 1.807) is 6.92 Å². The molecule has 2 fully saturated rings. The maximum absolute atomic E-state index is 11.0. The van der Waals surface area contributed by atoms with E-state index >= 15 is 0 Å². The van der Waals surface area contributed by atoms with Gasteiger partial charge in [0.05, 0.1) is 33.0 Å². The highest BCUT2D eigenvalue weighted by Crippen LogP contribution is 1.95. The minimum atomic E-state index is -0.838. The molecule has 0 aromatic carbocycles. The summed E-state index contributed by atoms with van der Waals surface area (Å²) in [6, 6.07) is -0.762. The molecule has 2 saturated heterocycles. The molecule has 2 atom stereocenters. The average Bonchev–Trinajstić information content (AvgIpc) is 2.50. The van der Waals surface area contributed by atoms with E-state index in [1.807, 2.05) is 0 Å². The van der Waals surface area contributed by atoms with Crippen molar-refractivity contribution in [2.75, 3.05) is 46.1 Å². The van der Waals surface area contributed by atoms with Crippen LogP contribution in [-0.4, -0.2) is 75.3 Å². The van der Waals surface area contributed by atoms with Gasteiger partial charge in [0.1, 0.15) is 12.1 Å². The number of hydrogen-bond donors (Lipinski definition) is 3. The van der Waals surface area contributed by atoms with Crippen LogP contribution >= 0.6 is 0 Å². The first-order valence-corrected chi connectivity index (χ1v) is 6.66. The standard InChI is InChI=1S/C7H13NO3.C5H9NO3/c1-2-11-7(9)6-5-10-4-3-8-6;7-5(8)4-3-9-2-1-6-4/h6,8H,2-5H2,1H3;4,6H,1-3H2,(H,7,8). The topological polar surface area (TPSA) is 106 Å². The number of carboxylic acids is 1. The van der Waals surface area contributed by atoms with E-state index in [1.165, 1.54) is 0 Å². The Kier molecular flexibility index (Phi) is 8.12. The minimum Gasteiger partial charge on any atom is -0.480 e. The van der Waals surface area contributed by atoms with Crippen molar-refractivity contribution in [3.8, 4) is 0 Å². The number of carbonyl (C=O) groups excluding carboxylic acids is 1. The van der Waals surface area contributed by atoms with Gasteiger partial charge in [0.2, 0.25) is 0 Å². The van der Waals surface area contributed by atoms with Gasteiger partial charge in [-0.05, 0) is 6.92 Å². The Bertz CT molecular complexity index is 300. The van der Waals surface area contributed by atoms with Crippen LogP contribution in [0.4, 0.5) is 0 Å². The number of morpholine rings is 2. The lowest BCUT2D eigenvalue weighted by atomic mass is 10.3. The molecular weight excluding hydrogens is 268 g/mol. The van der Waals surface area contributed by atoms with E-state index in [2.05, 4.69) is 10.6 Å². The van der Waals surface area contributed by atoms with Crippen LogP contribution in [-0.2, 0) is 23.8 Å². The number of carboxylic acid groups (broad SMARTS) is 1. The van der Waals surface area contributed by atoms with Gasteiger partial charge < -0.3 is 30.0 Å². The molecule has 2 heterocycles. The van der Waals surface area contributed by atoms with Crippen LogP contribution in [0.15, 0.2) is 0 Å². The van der Waals surface area contributed by atoms with Crippen LogP contribution in [0.2, 0.25) is 0 Å². The SMILES string of the molecule is CCOC(=O)C1COCCN1.O=C(O)C1COCCN1. The van der Waals surface area contributed by atoms with Crippen molar-refractivity contribution >= 4 is 11.9 Å². The molecule has 0 amide bonds. The lowest BCUT2D eigenvalue weighted by Crippen LogP contribution is -2.47. The highest BCUT2D eigenvalue weighted by molar-refractivity contribution is 5.76. The Labute approximate surface area is 117 Å². The van der Waals surface area contributed by atoms with Gasteiger partial charge in [-0.1, -0.05) is 0 Å². The molecule has 0 aromatic heterocycles. The minimum absolute atomic E-state index is 0.216. The fourth-order valence-corrected chi connectivity index (χ4v) is 1.68. The zero-order valence-electron chi connectivity index (χ0n) is 11.6. The number of carbonyl (C=O) groups is 2. The molecule has 2 rings (SSSR count). The summed E-state index contributed by atoms with van der Waals surface area (Å²) in [5.41, 5.74) is 0. The Morgan fingerprint density at radius 3 is 2.05 bits per heavy atom. The van der Waals surface area contributed by atoms with Gasteiger partial charge in [-0.2, -0.15) is 0 Å². The molecule has 0 saturated carbocycles. The predicted octanol–water partition coefficient (Wildman–Crippen LogP) is -1.40. The largest absolute Gasteiger partial charge is 0.480 e. The second-order valence-electron chi connectivity index (χ2n) is 4.25. The summed E-state index contributed by atoms with van der Waals surface area (Å²) in [5.74, 6) is -1.05. The number of ether oxygens (including phenoxy) is 3. The maximum Gasteiger partial charge on any atom is 0.325 e. The Balaban J connectivity index is 0.000000204. The summed E-state index contributed by atoms with van der Waals surface area (Å²) in [4.78, 5) is 21.2. The van der Waals surface area contributed by atoms with Crippen LogP contribution in [0.25, 0.3) is 0 Å². The van der Waals surface area contributed by atoms with Gasteiger partial charge in [0.25, 0.3) is 0 Å². The first-order chi connectivity index (χ1) is 9.65. The van der Waals surface area contributed by atoms with E-state index in [9.17, 15) is 9.59 Å². The van der Waals surface area contributed by atoms with E-state index in [4.69, 9.17) is 19.3 Å². The third-order valence-corrected chi connectivity index (χ3v) is 2.71. The molecule has 0 bridgehead atoms. The van der Waals surface area contributed by atoms with Gasteiger partial charge in [0, 0.05) is 13.1 Å². The lowest BCUT2D eigenvalue weighted by Gasteiger charge is -2.21. The van der Waals surface area contributed by atoms with Crippen LogP contribution in [0.3, 0.4) is 0 Å². The zero-order chi connectivity index (χ0) is 14.8. The number of nitrogens with one attached hydrogen (secondary N) is 2. The molecule has 0 spiro atoms. The van der Waals surface area contributed by atoms with Crippen LogP contribution in [0.1, 0.15) is 6.92 Å². The molecule has 2 aliphatic heterocycles. The Morgan fingerprint density at radius 2 is 1.70 bits per heavy atom. The average molecular weight is 290 g/mol. The van der Waals surface area contributed by atoms with Gasteiger partial charge in [0.15, 0.2) is 0 Å². The summed E-state index contributed by atoms with van der Waals surface area (Å²) < 4.78 is 14.8. The molecule has 2 unspecified atom stereocenters. The quantitative estimate of drug-likeness (QED) is 0.545. The summed E-state index contributed by atoms with van der Waals surface area (Å²) in [5, 5.41) is 14.2. The maximum atomic E-state index is 11.0. The number of hydrogen-bond acceptors (Lipinski definition) is 7. The molecule has 0 radical (unpaired) electrons. The summed E-state index contributed by atoms with van der Waals surface area (Å²) >= 11 is 0. The van der Waals surface area contributed by atoms with Crippen molar-refractivity contribution in [3.63, 3.8) is 0 Å². The van der Waals surface area contributed by atoms with Crippen molar-refractivity contribution in [2.24, 2.45) is 0 Å². The molecule has 0 aliphatic carbocycles. The second-order valence-corrected chi connectivity index (χ2v) is 4.25. The first kappa shape index (κ1) is 16.8. The van der Waals surface area contributed by atoms with Gasteiger partial charge in [-0.25, -0.2) is 0 Å². The molecule has 20 heavy (non-hydrogen) atoms. The molecular formula is C12H22N2O6. The summed E-state index contributed by atoms with van der Waals surface area (Å²) in [6.45, 7) is 5.59. The fraction of sp³-hybridized carbons (Fsp3) is 0.833. The van der Waals surface area contributed by atoms with Crippen LogP contribution < -0.4 is 10.6 Å². The van der Waals surface area contributed by atoms with Crippen molar-refractivity contribution in [2.45, 2.75) is 19.0 Å². The molecule has 2 aliphatic rings. The van der Waals surface area contributed by atoms with Crippen LogP contribution in [0.5, 0.6) is 0 Å². The molecule has 0 aromatic rings. The predicted molar refractivity (Wildman–Crippen MR) is 69.5 cm³/mol. The number of aliphatic carboxylic acids is 1. The first-order valence-electron chi connectivity index (χ1n) is 6.66.